The van der Waals surface area contributed by atoms with Crippen LogP contribution in [0.15, 0.2) is 92.7 Å². The van der Waals surface area contributed by atoms with Gasteiger partial charge >= 0.3 is 0 Å². The van der Waals surface area contributed by atoms with Crippen molar-refractivity contribution in [2.75, 3.05) is 13.1 Å². The molecule has 0 unspecified atom stereocenters. The fourth-order valence-electron chi connectivity index (χ4n) is 4.03. The normalized spacial score (nSPS) is 15.7. The molecule has 2 aromatic heterocycles. The number of nitrogens with zero attached hydrogens (tertiary/aromatic N) is 3. The van der Waals surface area contributed by atoms with Gasteiger partial charge in [0.05, 0.1) is 29.1 Å². The number of aromatic nitrogens is 1. The minimum absolute atomic E-state index is 0.343. The first kappa shape index (κ1) is 21.9. The Kier molecular flexibility index (Phi) is 6.30. The Hall–Kier alpha value is -2.94. The maximum atomic E-state index is 13.0. The predicted molar refractivity (Wildman–Crippen MR) is 130 cm³/mol. The van der Waals surface area contributed by atoms with Crippen molar-refractivity contribution in [3.63, 3.8) is 0 Å². The van der Waals surface area contributed by atoms with E-state index in [1.165, 1.54) is 0 Å². The molecule has 0 amide bonds. The Morgan fingerprint density at radius 1 is 0.909 bits per heavy atom. The smallest absolute Gasteiger partial charge is 0.243 e. The molecule has 0 atom stereocenters. The molecule has 0 aliphatic carbocycles. The molecule has 4 aromatic rings. The van der Waals surface area contributed by atoms with Gasteiger partial charge in [0.15, 0.2) is 4.80 Å². The number of hydrogen-bond acceptors (Lipinski definition) is 5. The summed E-state index contributed by atoms with van der Waals surface area (Å²) in [4.78, 5) is 6.01. The molecular formula is C25H25N3O3S2. The summed E-state index contributed by atoms with van der Waals surface area (Å²) in [6.07, 6.45) is 4.60. The molecule has 8 heteroatoms. The molecule has 0 radical (unpaired) electrons. The molecule has 1 aliphatic heterocycles. The standard InChI is InChI=1S/C25H25N3O3S2/c29-33(30,27-15-5-2-6-16-27)23-13-11-20(12-14-23)24-19-32-25(26-21-8-3-1-4-9-21)28(24)18-22-10-7-17-31-22/h1,3-4,7-14,17,19H,2,5-6,15-16,18H2. The number of benzene rings is 2. The summed E-state index contributed by atoms with van der Waals surface area (Å²) in [5.41, 5.74) is 2.78. The Morgan fingerprint density at radius 2 is 1.67 bits per heavy atom. The van der Waals surface area contributed by atoms with E-state index in [2.05, 4.69) is 9.95 Å². The molecule has 1 fully saturated rings. The van der Waals surface area contributed by atoms with Gasteiger partial charge in [-0.05, 0) is 54.8 Å². The van der Waals surface area contributed by atoms with Gasteiger partial charge in [0.25, 0.3) is 0 Å². The number of thiazole rings is 1. The van der Waals surface area contributed by atoms with E-state index >= 15 is 0 Å². The zero-order valence-electron chi connectivity index (χ0n) is 18.1. The zero-order valence-corrected chi connectivity index (χ0v) is 19.8. The topological polar surface area (TPSA) is 67.8 Å². The van der Waals surface area contributed by atoms with Crippen LogP contribution in [-0.2, 0) is 16.6 Å². The highest BCUT2D eigenvalue weighted by molar-refractivity contribution is 7.89. The lowest BCUT2D eigenvalue weighted by molar-refractivity contribution is 0.346. The highest BCUT2D eigenvalue weighted by Gasteiger charge is 2.25. The summed E-state index contributed by atoms with van der Waals surface area (Å²) in [5.74, 6) is 0.827. The van der Waals surface area contributed by atoms with Crippen molar-refractivity contribution >= 4 is 27.0 Å². The highest BCUT2D eigenvalue weighted by atomic mass is 32.2. The molecule has 3 heterocycles. The summed E-state index contributed by atoms with van der Waals surface area (Å²) in [7, 11) is -3.45. The summed E-state index contributed by atoms with van der Waals surface area (Å²) in [6.45, 7) is 1.73. The van der Waals surface area contributed by atoms with E-state index in [1.54, 1.807) is 34.0 Å². The van der Waals surface area contributed by atoms with Gasteiger partial charge in [0.1, 0.15) is 5.76 Å². The minimum atomic E-state index is -3.45. The number of hydrogen-bond donors (Lipinski definition) is 0. The fraction of sp³-hybridized carbons (Fsp3) is 0.240. The second-order valence-corrected chi connectivity index (χ2v) is 10.8. The van der Waals surface area contributed by atoms with E-state index in [4.69, 9.17) is 9.41 Å². The molecule has 0 saturated carbocycles. The van der Waals surface area contributed by atoms with Crippen molar-refractivity contribution in [3.05, 3.63) is 88.9 Å². The maximum Gasteiger partial charge on any atom is 0.243 e. The molecule has 1 aliphatic rings. The van der Waals surface area contributed by atoms with E-state index in [0.717, 1.165) is 46.8 Å². The van der Waals surface area contributed by atoms with E-state index in [-0.39, 0.29) is 0 Å². The average molecular weight is 480 g/mol. The number of piperidine rings is 1. The van der Waals surface area contributed by atoms with Crippen LogP contribution < -0.4 is 4.80 Å². The molecular weight excluding hydrogens is 454 g/mol. The predicted octanol–water partition coefficient (Wildman–Crippen LogP) is 5.26. The largest absolute Gasteiger partial charge is 0.467 e. The molecule has 2 aromatic carbocycles. The molecule has 5 rings (SSSR count). The van der Waals surface area contributed by atoms with Gasteiger partial charge in [-0.25, -0.2) is 13.4 Å². The van der Waals surface area contributed by atoms with Crippen molar-refractivity contribution in [2.45, 2.75) is 30.7 Å². The Morgan fingerprint density at radius 3 is 2.36 bits per heavy atom. The second-order valence-electron chi connectivity index (χ2n) is 8.01. The van der Waals surface area contributed by atoms with E-state index in [9.17, 15) is 8.42 Å². The van der Waals surface area contributed by atoms with Crippen LogP contribution in [0.2, 0.25) is 0 Å². The number of para-hydroxylation sites is 1. The third-order valence-corrected chi connectivity index (χ3v) is 8.55. The molecule has 0 spiro atoms. The Balaban J connectivity index is 1.52. The van der Waals surface area contributed by atoms with Crippen LogP contribution in [0.1, 0.15) is 25.0 Å². The minimum Gasteiger partial charge on any atom is -0.467 e. The van der Waals surface area contributed by atoms with Gasteiger partial charge in [-0.3, -0.25) is 0 Å². The summed E-state index contributed by atoms with van der Waals surface area (Å²) in [6, 6.07) is 20.8. The van der Waals surface area contributed by atoms with Crippen molar-refractivity contribution in [3.8, 4) is 11.3 Å². The quantitative estimate of drug-likeness (QED) is 0.379. The molecule has 33 heavy (non-hydrogen) atoms. The number of furan rings is 1. The lowest BCUT2D eigenvalue weighted by Gasteiger charge is -2.25. The molecule has 6 nitrogen and oxygen atoms in total. The van der Waals surface area contributed by atoms with E-state index < -0.39 is 10.0 Å². The summed E-state index contributed by atoms with van der Waals surface area (Å²) >= 11 is 1.55. The van der Waals surface area contributed by atoms with Gasteiger partial charge in [-0.2, -0.15) is 4.31 Å². The maximum absolute atomic E-state index is 13.0. The Labute approximate surface area is 197 Å². The van der Waals surface area contributed by atoms with Crippen LogP contribution >= 0.6 is 11.3 Å². The number of rotatable bonds is 6. The van der Waals surface area contributed by atoms with E-state index in [1.807, 2.05) is 54.6 Å². The van der Waals surface area contributed by atoms with Crippen LogP contribution in [0.4, 0.5) is 5.69 Å². The zero-order chi connectivity index (χ0) is 22.7. The first-order chi connectivity index (χ1) is 16.1. The lowest BCUT2D eigenvalue weighted by Crippen LogP contribution is -2.35. The SMILES string of the molecule is O=S(=O)(c1ccc(-c2csc(=Nc3ccccc3)n2Cc2ccco2)cc1)N1CCCCC1. The summed E-state index contributed by atoms with van der Waals surface area (Å²) < 4.78 is 35.3. The van der Waals surface area contributed by atoms with Crippen LogP contribution in [0.25, 0.3) is 11.3 Å². The van der Waals surface area contributed by atoms with Gasteiger partial charge in [-0.15, -0.1) is 11.3 Å². The van der Waals surface area contributed by atoms with Crippen molar-refractivity contribution < 1.29 is 12.8 Å². The van der Waals surface area contributed by atoms with Crippen molar-refractivity contribution in [1.82, 2.24) is 8.87 Å². The first-order valence-electron chi connectivity index (χ1n) is 11.0. The highest BCUT2D eigenvalue weighted by Crippen LogP contribution is 2.26. The first-order valence-corrected chi connectivity index (χ1v) is 13.3. The van der Waals surface area contributed by atoms with Gasteiger partial charge in [-0.1, -0.05) is 36.8 Å². The van der Waals surface area contributed by atoms with Crippen molar-refractivity contribution in [2.24, 2.45) is 4.99 Å². The fourth-order valence-corrected chi connectivity index (χ4v) is 6.47. The average Bonchev–Trinajstić information content (AvgIpc) is 3.51. The van der Waals surface area contributed by atoms with E-state index in [0.29, 0.717) is 24.5 Å². The summed E-state index contributed by atoms with van der Waals surface area (Å²) in [5, 5.41) is 2.05. The number of sulfonamides is 1. The van der Waals surface area contributed by atoms with Crippen LogP contribution in [0, 0.1) is 0 Å². The Bertz CT molecular complexity index is 1360. The second kappa shape index (κ2) is 9.51. The van der Waals surface area contributed by atoms with Crippen LogP contribution in [0.3, 0.4) is 0 Å². The molecule has 0 bridgehead atoms. The van der Waals surface area contributed by atoms with Crippen molar-refractivity contribution in [1.29, 1.82) is 0 Å². The van der Waals surface area contributed by atoms with Gasteiger partial charge < -0.3 is 8.98 Å². The van der Waals surface area contributed by atoms with Crippen LogP contribution in [-0.4, -0.2) is 30.4 Å². The third-order valence-electron chi connectivity index (χ3n) is 5.78. The molecule has 170 valence electrons. The third kappa shape index (κ3) is 4.73. The monoisotopic (exact) mass is 479 g/mol. The lowest BCUT2D eigenvalue weighted by atomic mass is 10.2. The van der Waals surface area contributed by atoms with Gasteiger partial charge in [0.2, 0.25) is 10.0 Å². The van der Waals surface area contributed by atoms with Gasteiger partial charge in [0, 0.05) is 18.5 Å². The van der Waals surface area contributed by atoms with Crippen LogP contribution in [0.5, 0.6) is 0 Å². The molecule has 1 saturated heterocycles. The molecule has 0 N–H and O–H groups in total.